The minimum absolute atomic E-state index is 0. The Balaban J connectivity index is 0.00000363. The molecule has 3 rings (SSSR count). The maximum Gasteiger partial charge on any atom is 0.327 e. The van der Waals surface area contributed by atoms with Crippen molar-refractivity contribution in [2.75, 3.05) is 33.8 Å². The number of esters is 1. The van der Waals surface area contributed by atoms with Gasteiger partial charge in [0.25, 0.3) is 0 Å². The highest BCUT2D eigenvalue weighted by molar-refractivity contribution is 9.10. The van der Waals surface area contributed by atoms with Crippen molar-refractivity contribution in [3.8, 4) is 0 Å². The molecule has 1 aromatic carbocycles. The molecule has 1 aromatic heterocycles. The first kappa shape index (κ1) is 27.3. The van der Waals surface area contributed by atoms with Crippen LogP contribution in [0.5, 0.6) is 0 Å². The highest BCUT2D eigenvalue weighted by Gasteiger charge is 2.52. The zero-order chi connectivity index (χ0) is 22.8. The molecule has 7 nitrogen and oxygen atoms in total. The van der Waals surface area contributed by atoms with Gasteiger partial charge in [0.2, 0.25) is 10.0 Å². The second-order valence-corrected chi connectivity index (χ2v) is 11.0. The molecule has 0 aliphatic heterocycles. The van der Waals surface area contributed by atoms with Crippen LogP contribution in [-0.4, -0.2) is 67.9 Å². The Bertz CT molecular complexity index is 1080. The summed E-state index contributed by atoms with van der Waals surface area (Å²) in [5.74, 6) is -0.474. The molecule has 1 heterocycles. The number of hydrogen-bond acceptors (Lipinski definition) is 6. The third-order valence-electron chi connectivity index (χ3n) is 5.66. The van der Waals surface area contributed by atoms with Gasteiger partial charge in [-0.05, 0) is 61.9 Å². The van der Waals surface area contributed by atoms with Gasteiger partial charge in [-0.1, -0.05) is 30.5 Å². The Morgan fingerprint density at radius 3 is 2.47 bits per heavy atom. The third kappa shape index (κ3) is 5.23. The number of nitrogens with zero attached hydrogens (tertiary/aromatic N) is 3. The summed E-state index contributed by atoms with van der Waals surface area (Å²) in [6.45, 7) is 2.58. The molecule has 0 atom stereocenters. The minimum Gasteiger partial charge on any atom is -0.465 e. The largest absolute Gasteiger partial charge is 0.465 e. The van der Waals surface area contributed by atoms with Gasteiger partial charge in [-0.2, -0.15) is 4.31 Å². The lowest BCUT2D eigenvalue weighted by atomic mass is 9.97. The van der Waals surface area contributed by atoms with Crippen LogP contribution in [0.3, 0.4) is 0 Å². The lowest BCUT2D eigenvalue weighted by Crippen LogP contribution is -2.57. The molecule has 0 amide bonds. The first-order chi connectivity index (χ1) is 14.6. The lowest BCUT2D eigenvalue weighted by Gasteiger charge is -2.38. The van der Waals surface area contributed by atoms with E-state index in [1.807, 2.05) is 19.0 Å². The van der Waals surface area contributed by atoms with Crippen LogP contribution in [0.1, 0.15) is 32.6 Å². The molecule has 0 saturated heterocycles. The van der Waals surface area contributed by atoms with E-state index < -0.39 is 21.5 Å². The van der Waals surface area contributed by atoms with Gasteiger partial charge in [0.1, 0.15) is 10.7 Å². The fraction of sp³-hybridized carbons (Fsp3) is 0.524. The summed E-state index contributed by atoms with van der Waals surface area (Å²) < 4.78 is 35.3. The van der Waals surface area contributed by atoms with Crippen molar-refractivity contribution < 1.29 is 17.9 Å². The molecule has 0 unspecified atom stereocenters. The van der Waals surface area contributed by atoms with Crippen molar-refractivity contribution in [2.45, 2.75) is 43.0 Å². The van der Waals surface area contributed by atoms with Crippen LogP contribution >= 0.6 is 39.9 Å². The van der Waals surface area contributed by atoms with Crippen LogP contribution in [0.4, 0.5) is 0 Å². The Kier molecular flexibility index (Phi) is 9.35. The highest BCUT2D eigenvalue weighted by Crippen LogP contribution is 2.40. The SMILES string of the molecule is CCOC(=O)C1(N(CCN(C)C)S(=O)(=O)c2ccc3c(Br)cnc(Cl)c3c2)CCCC1.Cl. The number of hydrogen-bond donors (Lipinski definition) is 0. The van der Waals surface area contributed by atoms with Crippen molar-refractivity contribution >= 4 is 66.7 Å². The molecule has 0 radical (unpaired) electrons. The molecule has 0 N–H and O–H groups in total. The van der Waals surface area contributed by atoms with Gasteiger partial charge in [-0.15, -0.1) is 12.4 Å². The number of carbonyl (C=O) groups is 1. The molecule has 1 fully saturated rings. The van der Waals surface area contributed by atoms with Crippen LogP contribution in [0, 0.1) is 0 Å². The fourth-order valence-corrected chi connectivity index (χ4v) is 6.53. The monoisotopic (exact) mass is 567 g/mol. The molecule has 1 saturated carbocycles. The van der Waals surface area contributed by atoms with E-state index in [2.05, 4.69) is 20.9 Å². The second-order valence-electron chi connectivity index (χ2n) is 7.94. The second kappa shape index (κ2) is 11.0. The molecule has 178 valence electrons. The van der Waals surface area contributed by atoms with E-state index in [4.69, 9.17) is 16.3 Å². The Morgan fingerprint density at radius 2 is 1.88 bits per heavy atom. The number of halogens is 3. The van der Waals surface area contributed by atoms with Gasteiger partial charge < -0.3 is 9.64 Å². The zero-order valence-electron chi connectivity index (χ0n) is 18.3. The van der Waals surface area contributed by atoms with Gasteiger partial charge in [-0.25, -0.2) is 13.4 Å². The van der Waals surface area contributed by atoms with Crippen molar-refractivity contribution in [3.05, 3.63) is 34.0 Å². The number of pyridine rings is 1. The van der Waals surface area contributed by atoms with Gasteiger partial charge in [0.15, 0.2) is 0 Å². The van der Waals surface area contributed by atoms with E-state index in [1.165, 1.54) is 10.4 Å². The molecule has 2 aromatic rings. The molecule has 0 bridgehead atoms. The van der Waals surface area contributed by atoms with Crippen LogP contribution in [0.15, 0.2) is 33.8 Å². The van der Waals surface area contributed by atoms with Crippen molar-refractivity contribution in [2.24, 2.45) is 0 Å². The van der Waals surface area contributed by atoms with E-state index in [0.29, 0.717) is 24.8 Å². The fourth-order valence-electron chi connectivity index (χ4n) is 4.08. The number of sulfonamides is 1. The molecule has 0 spiro atoms. The molecule has 1 aliphatic rings. The summed E-state index contributed by atoms with van der Waals surface area (Å²) in [7, 11) is -0.278. The number of fused-ring (bicyclic) bond motifs is 1. The lowest BCUT2D eigenvalue weighted by molar-refractivity contribution is -0.154. The van der Waals surface area contributed by atoms with Crippen molar-refractivity contribution in [1.29, 1.82) is 0 Å². The van der Waals surface area contributed by atoms with Crippen LogP contribution in [-0.2, 0) is 19.6 Å². The number of aromatic nitrogens is 1. The van der Waals surface area contributed by atoms with Crippen LogP contribution < -0.4 is 0 Å². The molecule has 1 aliphatic carbocycles. The van der Waals surface area contributed by atoms with E-state index in [-0.39, 0.29) is 35.6 Å². The van der Waals surface area contributed by atoms with Crippen LogP contribution in [0.2, 0.25) is 5.15 Å². The predicted octanol–water partition coefficient (Wildman–Crippen LogP) is 4.50. The van der Waals surface area contributed by atoms with Gasteiger partial charge in [0.05, 0.1) is 11.5 Å². The van der Waals surface area contributed by atoms with Gasteiger partial charge >= 0.3 is 5.97 Å². The summed E-state index contributed by atoms with van der Waals surface area (Å²) in [6, 6.07) is 4.78. The number of rotatable bonds is 8. The first-order valence-electron chi connectivity index (χ1n) is 10.2. The number of ether oxygens (including phenoxy) is 1. The van der Waals surface area contributed by atoms with E-state index in [9.17, 15) is 13.2 Å². The quantitative estimate of drug-likeness (QED) is 0.344. The Hall–Kier alpha value is -0.970. The van der Waals surface area contributed by atoms with Gasteiger partial charge in [0, 0.05) is 34.5 Å². The standard InChI is InChI=1S/C21H27BrClN3O4S.ClH/c1-4-30-20(27)21(9-5-6-10-21)26(12-11-25(2)3)31(28,29)15-7-8-16-17(13-15)19(23)24-14-18(16)22;/h7-8,13-14H,4-6,9-12H2,1-3H3;1H. The summed E-state index contributed by atoms with van der Waals surface area (Å²) in [5.41, 5.74) is -1.20. The number of benzene rings is 1. The van der Waals surface area contributed by atoms with Crippen LogP contribution in [0.25, 0.3) is 10.8 Å². The Morgan fingerprint density at radius 1 is 1.22 bits per heavy atom. The summed E-state index contributed by atoms with van der Waals surface area (Å²) >= 11 is 9.69. The molecule has 11 heteroatoms. The number of carbonyl (C=O) groups excluding carboxylic acids is 1. The molecular formula is C21H28BrCl2N3O4S. The number of likely N-dealkylation sites (N-methyl/N-ethyl adjacent to an activating group) is 1. The summed E-state index contributed by atoms with van der Waals surface area (Å²) in [6.07, 6.45) is 4.01. The normalized spacial score (nSPS) is 15.8. The maximum absolute atomic E-state index is 13.9. The van der Waals surface area contributed by atoms with Crippen molar-refractivity contribution in [3.63, 3.8) is 0 Å². The summed E-state index contributed by atoms with van der Waals surface area (Å²) in [5, 5.41) is 1.51. The van der Waals surface area contributed by atoms with E-state index >= 15 is 0 Å². The average Bonchev–Trinajstić information content (AvgIpc) is 3.21. The van der Waals surface area contributed by atoms with Crippen molar-refractivity contribution in [1.82, 2.24) is 14.2 Å². The topological polar surface area (TPSA) is 79.8 Å². The highest BCUT2D eigenvalue weighted by atomic mass is 79.9. The molecular weight excluding hydrogens is 541 g/mol. The predicted molar refractivity (Wildman–Crippen MR) is 132 cm³/mol. The van der Waals surface area contributed by atoms with E-state index in [1.54, 1.807) is 25.3 Å². The smallest absolute Gasteiger partial charge is 0.327 e. The maximum atomic E-state index is 13.9. The average molecular weight is 569 g/mol. The summed E-state index contributed by atoms with van der Waals surface area (Å²) in [4.78, 5) is 19.1. The minimum atomic E-state index is -4.02. The third-order valence-corrected chi connectivity index (χ3v) is 8.56. The first-order valence-corrected chi connectivity index (χ1v) is 12.8. The molecule has 32 heavy (non-hydrogen) atoms. The van der Waals surface area contributed by atoms with Gasteiger partial charge in [-0.3, -0.25) is 4.79 Å². The zero-order valence-corrected chi connectivity index (χ0v) is 22.3. The Labute approximate surface area is 209 Å². The van der Waals surface area contributed by atoms with E-state index in [0.717, 1.165) is 22.7 Å².